The molecule has 0 aliphatic carbocycles. The van der Waals surface area contributed by atoms with Gasteiger partial charge < -0.3 is 4.74 Å². The quantitative estimate of drug-likeness (QED) is 0.514. The topological polar surface area (TPSA) is 50.4 Å². The average Bonchev–Trinajstić information content (AvgIpc) is 2.35. The number of ether oxygens (including phenoxy) is 1. The van der Waals surface area contributed by atoms with Gasteiger partial charge in [0, 0.05) is 6.04 Å². The van der Waals surface area contributed by atoms with Crippen LogP contribution in [0.2, 0.25) is 0 Å². The summed E-state index contributed by atoms with van der Waals surface area (Å²) in [5, 5.41) is 0. The first-order valence-electron chi connectivity index (χ1n) is 5.43. The highest BCUT2D eigenvalue weighted by Crippen LogP contribution is 2.01. The fraction of sp³-hybridized carbons (Fsp3) is 0.417. The summed E-state index contributed by atoms with van der Waals surface area (Å²) in [6.45, 7) is 3.21. The van der Waals surface area contributed by atoms with Gasteiger partial charge in [0.15, 0.2) is 0 Å². The maximum atomic E-state index is 10.1. The van der Waals surface area contributed by atoms with Gasteiger partial charge in [0.05, 0.1) is 13.2 Å². The minimum absolute atomic E-state index is 0.147. The lowest BCUT2D eigenvalue weighted by atomic mass is 10.2. The van der Waals surface area contributed by atoms with Crippen molar-refractivity contribution in [2.75, 3.05) is 6.61 Å². The smallest absolute Gasteiger partial charge is 0.221 e. The molecule has 1 aromatic rings. The van der Waals surface area contributed by atoms with Crippen molar-refractivity contribution in [3.8, 4) is 0 Å². The Balaban J connectivity index is 2.20. The number of amides is 1. The number of rotatable bonds is 8. The van der Waals surface area contributed by atoms with E-state index in [0.717, 1.165) is 12.0 Å². The van der Waals surface area contributed by atoms with Crippen LogP contribution >= 0.6 is 0 Å². The Morgan fingerprint density at radius 1 is 1.38 bits per heavy atom. The average molecular weight is 222 g/mol. The van der Waals surface area contributed by atoms with Gasteiger partial charge in [0.1, 0.15) is 0 Å². The summed E-state index contributed by atoms with van der Waals surface area (Å²) in [7, 11) is 0. The van der Waals surface area contributed by atoms with Gasteiger partial charge >= 0.3 is 0 Å². The Morgan fingerprint density at radius 2 is 2.12 bits per heavy atom. The van der Waals surface area contributed by atoms with E-state index in [1.807, 2.05) is 37.3 Å². The van der Waals surface area contributed by atoms with Crippen LogP contribution in [0.25, 0.3) is 0 Å². The van der Waals surface area contributed by atoms with Gasteiger partial charge in [-0.1, -0.05) is 37.3 Å². The molecule has 1 atom stereocenters. The molecule has 0 heterocycles. The lowest BCUT2D eigenvalue weighted by molar-refractivity contribution is -0.110. The normalized spacial score (nSPS) is 12.1. The molecule has 1 aromatic carbocycles. The van der Waals surface area contributed by atoms with E-state index in [4.69, 9.17) is 4.74 Å². The molecule has 0 aliphatic rings. The first-order valence-corrected chi connectivity index (χ1v) is 5.43. The van der Waals surface area contributed by atoms with Crippen LogP contribution in [-0.4, -0.2) is 19.1 Å². The molecular formula is C12H18N2O2. The Morgan fingerprint density at radius 3 is 2.75 bits per heavy atom. The lowest BCUT2D eigenvalue weighted by Crippen LogP contribution is -2.42. The van der Waals surface area contributed by atoms with Crippen LogP contribution in [0.5, 0.6) is 0 Å². The summed E-state index contributed by atoms with van der Waals surface area (Å²) >= 11 is 0. The van der Waals surface area contributed by atoms with E-state index in [0.29, 0.717) is 19.6 Å². The van der Waals surface area contributed by atoms with Gasteiger partial charge in [-0.25, -0.2) is 5.43 Å². The number of hydrogen-bond donors (Lipinski definition) is 2. The van der Waals surface area contributed by atoms with Crippen LogP contribution in [0.3, 0.4) is 0 Å². The van der Waals surface area contributed by atoms with Gasteiger partial charge in [-0.2, -0.15) is 0 Å². The third-order valence-corrected chi connectivity index (χ3v) is 2.27. The minimum atomic E-state index is 0.147. The van der Waals surface area contributed by atoms with Crippen molar-refractivity contribution >= 4 is 6.41 Å². The molecule has 0 aliphatic heterocycles. The second kappa shape index (κ2) is 7.84. The van der Waals surface area contributed by atoms with Crippen LogP contribution in [0, 0.1) is 0 Å². The molecular weight excluding hydrogens is 204 g/mol. The summed E-state index contributed by atoms with van der Waals surface area (Å²) in [6, 6.07) is 10.2. The number of hydrazine groups is 1. The predicted octanol–water partition coefficient (Wildman–Crippen LogP) is 1.23. The highest BCUT2D eigenvalue weighted by Gasteiger charge is 2.04. The predicted molar refractivity (Wildman–Crippen MR) is 62.5 cm³/mol. The van der Waals surface area contributed by atoms with Crippen molar-refractivity contribution < 1.29 is 9.53 Å². The van der Waals surface area contributed by atoms with Crippen molar-refractivity contribution in [1.82, 2.24) is 10.9 Å². The molecule has 1 amide bonds. The van der Waals surface area contributed by atoms with E-state index in [1.165, 1.54) is 0 Å². The number of carbonyl (C=O) groups is 1. The lowest BCUT2D eigenvalue weighted by Gasteiger charge is -2.15. The van der Waals surface area contributed by atoms with Crippen LogP contribution in [-0.2, 0) is 16.1 Å². The van der Waals surface area contributed by atoms with E-state index < -0.39 is 0 Å². The van der Waals surface area contributed by atoms with E-state index in [2.05, 4.69) is 10.9 Å². The molecule has 0 unspecified atom stereocenters. The highest BCUT2D eigenvalue weighted by molar-refractivity contribution is 5.44. The van der Waals surface area contributed by atoms with Crippen LogP contribution < -0.4 is 10.9 Å². The molecule has 0 spiro atoms. The summed E-state index contributed by atoms with van der Waals surface area (Å²) in [6.07, 6.45) is 1.52. The second-order valence-electron chi connectivity index (χ2n) is 3.51. The number of hydrogen-bond acceptors (Lipinski definition) is 3. The van der Waals surface area contributed by atoms with Gasteiger partial charge in [0.2, 0.25) is 6.41 Å². The molecule has 0 radical (unpaired) electrons. The molecule has 4 nitrogen and oxygen atoms in total. The third kappa shape index (κ3) is 4.91. The van der Waals surface area contributed by atoms with Gasteiger partial charge in [0.25, 0.3) is 0 Å². The van der Waals surface area contributed by atoms with Crippen LogP contribution in [0.1, 0.15) is 18.9 Å². The first kappa shape index (κ1) is 12.7. The van der Waals surface area contributed by atoms with Crippen LogP contribution in [0.4, 0.5) is 0 Å². The molecule has 0 saturated carbocycles. The zero-order chi connectivity index (χ0) is 11.6. The van der Waals surface area contributed by atoms with Crippen molar-refractivity contribution in [3.05, 3.63) is 35.9 Å². The van der Waals surface area contributed by atoms with Crippen molar-refractivity contribution in [1.29, 1.82) is 0 Å². The maximum Gasteiger partial charge on any atom is 0.221 e. The van der Waals surface area contributed by atoms with E-state index in [1.54, 1.807) is 0 Å². The standard InChI is InChI=1S/C12H18N2O2/c1-2-12(14-13-10-15)9-16-8-11-6-4-3-5-7-11/h3-7,10,12,14H,2,8-9H2,1H3,(H,13,15)/t12-/m0/s1. The van der Waals surface area contributed by atoms with Gasteiger partial charge in [-0.3, -0.25) is 10.2 Å². The van der Waals surface area contributed by atoms with Crippen molar-refractivity contribution in [2.24, 2.45) is 0 Å². The zero-order valence-corrected chi connectivity index (χ0v) is 9.48. The van der Waals surface area contributed by atoms with Crippen LogP contribution in [0.15, 0.2) is 30.3 Å². The second-order valence-corrected chi connectivity index (χ2v) is 3.51. The molecule has 88 valence electrons. The molecule has 1 rings (SSSR count). The summed E-state index contributed by atoms with van der Waals surface area (Å²) in [5.41, 5.74) is 6.45. The zero-order valence-electron chi connectivity index (χ0n) is 9.48. The Kier molecular flexibility index (Phi) is 6.22. The summed E-state index contributed by atoms with van der Waals surface area (Å²) in [4.78, 5) is 10.1. The molecule has 16 heavy (non-hydrogen) atoms. The minimum Gasteiger partial charge on any atom is -0.375 e. The van der Waals surface area contributed by atoms with Crippen molar-refractivity contribution in [3.63, 3.8) is 0 Å². The number of carbonyl (C=O) groups excluding carboxylic acids is 1. The molecule has 4 heteroatoms. The Hall–Kier alpha value is -1.39. The molecule has 0 fully saturated rings. The molecule has 0 aromatic heterocycles. The van der Waals surface area contributed by atoms with E-state index in [-0.39, 0.29) is 6.04 Å². The summed E-state index contributed by atoms with van der Waals surface area (Å²) < 4.78 is 5.55. The number of nitrogens with one attached hydrogen (secondary N) is 2. The maximum absolute atomic E-state index is 10.1. The summed E-state index contributed by atoms with van der Waals surface area (Å²) in [5.74, 6) is 0. The fourth-order valence-electron chi connectivity index (χ4n) is 1.31. The molecule has 0 saturated heterocycles. The Labute approximate surface area is 96.0 Å². The van der Waals surface area contributed by atoms with Crippen molar-refractivity contribution in [2.45, 2.75) is 26.0 Å². The SMILES string of the molecule is CC[C@@H](COCc1ccccc1)NNC=O. The Bertz CT molecular complexity index is 290. The van der Waals surface area contributed by atoms with Gasteiger partial charge in [-0.05, 0) is 12.0 Å². The molecule has 2 N–H and O–H groups in total. The number of benzene rings is 1. The first-order chi connectivity index (χ1) is 7.86. The van der Waals surface area contributed by atoms with E-state index >= 15 is 0 Å². The molecule has 0 bridgehead atoms. The monoisotopic (exact) mass is 222 g/mol. The highest BCUT2D eigenvalue weighted by atomic mass is 16.5. The van der Waals surface area contributed by atoms with Gasteiger partial charge in [-0.15, -0.1) is 0 Å². The van der Waals surface area contributed by atoms with E-state index in [9.17, 15) is 4.79 Å². The third-order valence-electron chi connectivity index (χ3n) is 2.27. The largest absolute Gasteiger partial charge is 0.375 e. The fourth-order valence-corrected chi connectivity index (χ4v) is 1.31.